The number of halogens is 11. The summed E-state index contributed by atoms with van der Waals surface area (Å²) in [5.74, 6) is -10.7. The van der Waals surface area contributed by atoms with Crippen molar-refractivity contribution in [1.82, 2.24) is 0 Å². The highest BCUT2D eigenvalue weighted by Crippen LogP contribution is 2.44. The van der Waals surface area contributed by atoms with Gasteiger partial charge < -0.3 is 20.4 Å². The fourth-order valence-electron chi connectivity index (χ4n) is 14.1. The molecule has 0 heterocycles. The van der Waals surface area contributed by atoms with Crippen LogP contribution >= 0.6 is 23.2 Å². The van der Waals surface area contributed by atoms with E-state index in [1.807, 2.05) is 159 Å². The monoisotopic (exact) mass is 1720 g/mol. The van der Waals surface area contributed by atoms with E-state index in [4.69, 9.17) is 43.6 Å². The largest absolute Gasteiger partial charge is 0.478 e. The minimum atomic E-state index is -1.23. The number of hydrogen-bond acceptors (Lipinski definition) is 4. The molecular weight excluding hydrogens is 1630 g/mol. The third-order valence-electron chi connectivity index (χ3n) is 19.9. The summed E-state index contributed by atoms with van der Waals surface area (Å²) >= 11 is 12.7. The predicted molar refractivity (Wildman–Crippen MR) is 482 cm³/mol. The van der Waals surface area contributed by atoms with E-state index in [1.54, 1.807) is 49.4 Å². The molecule has 12 aromatic carbocycles. The molecule has 0 aliphatic carbocycles. The SMILES string of the molecule is CC/C(=C(\c1ccc(C)cc1)c1c(F)cc(/C=C/C(=O)O)cc1F)c1ccc(F)cc1C.CC/C(=C(\c1ccc(C)cc1)c1c(F)cc(/C=C/C(=O)O)cc1F)c1ccc(F)cc1Cl.CC/C(=C(\c1ccc(C)cc1)c1c(F)cc(/C=C/C(=O)O)cc1F)c1ccccc1.CC/C(=C(\c1ccc(C)cc1)c1ccc(/C=C/C(=O)O)cc1)c1ccc(F)cc1Cl. The number of aryl methyl sites for hydroxylation is 5. The average Bonchev–Trinajstić information content (AvgIpc) is 0.813. The summed E-state index contributed by atoms with van der Waals surface area (Å²) in [7, 11) is 0. The Morgan fingerprint density at radius 1 is 0.274 bits per heavy atom. The second-order valence-electron chi connectivity index (χ2n) is 28.8. The number of aliphatic carboxylic acids is 4. The molecule has 4 N–H and O–H groups in total. The van der Waals surface area contributed by atoms with Gasteiger partial charge >= 0.3 is 23.9 Å². The van der Waals surface area contributed by atoms with Crippen LogP contribution < -0.4 is 0 Å². The molecule has 0 radical (unpaired) electrons. The van der Waals surface area contributed by atoms with Crippen molar-refractivity contribution < 1.29 is 79.1 Å². The van der Waals surface area contributed by atoms with Crippen LogP contribution in [0.25, 0.3) is 68.9 Å². The quantitative estimate of drug-likeness (QED) is 0.0265. The first kappa shape index (κ1) is 94.2. The molecule has 0 fully saturated rings. The lowest BCUT2D eigenvalue weighted by molar-refractivity contribution is -0.132. The zero-order valence-corrected chi connectivity index (χ0v) is 70.6. The van der Waals surface area contributed by atoms with Crippen LogP contribution in [0.5, 0.6) is 0 Å². The molecule has 0 atom stereocenters. The normalized spacial score (nSPS) is 12.2. The highest BCUT2D eigenvalue weighted by Gasteiger charge is 2.27. The second kappa shape index (κ2) is 44.3. The Hall–Kier alpha value is -13.6. The fraction of sp³-hybridized carbons (Fsp3) is 0.124. The summed E-state index contributed by atoms with van der Waals surface area (Å²) in [4.78, 5) is 43.0. The van der Waals surface area contributed by atoms with Gasteiger partial charge in [0.05, 0.1) is 26.7 Å². The molecule has 12 aromatic rings. The van der Waals surface area contributed by atoms with E-state index in [1.165, 1.54) is 42.5 Å². The molecule has 8 nitrogen and oxygen atoms in total. The van der Waals surface area contributed by atoms with Crippen LogP contribution in [0.1, 0.15) is 170 Å². The Bertz CT molecular complexity index is 5920. The highest BCUT2D eigenvalue weighted by atomic mass is 35.5. The maximum Gasteiger partial charge on any atom is 0.328 e. The van der Waals surface area contributed by atoms with Crippen molar-refractivity contribution in [3.63, 3.8) is 0 Å². The topological polar surface area (TPSA) is 149 Å². The molecule has 0 saturated carbocycles. The third kappa shape index (κ3) is 25.0. The molecule has 124 heavy (non-hydrogen) atoms. The Labute approximate surface area is 725 Å². The summed E-state index contributed by atoms with van der Waals surface area (Å²) in [5, 5.41) is 35.7. The van der Waals surface area contributed by atoms with E-state index in [2.05, 4.69) is 24.3 Å². The van der Waals surface area contributed by atoms with Crippen LogP contribution in [0, 0.1) is 87.0 Å². The van der Waals surface area contributed by atoms with Gasteiger partial charge in [0.2, 0.25) is 0 Å². The van der Waals surface area contributed by atoms with Crippen LogP contribution in [-0.2, 0) is 19.2 Å². The van der Waals surface area contributed by atoms with Crippen LogP contribution in [0.2, 0.25) is 10.0 Å². The van der Waals surface area contributed by atoms with E-state index in [0.717, 1.165) is 146 Å². The first-order chi connectivity index (χ1) is 59.2. The van der Waals surface area contributed by atoms with Crippen LogP contribution in [0.15, 0.2) is 267 Å². The van der Waals surface area contributed by atoms with Gasteiger partial charge in [-0.25, -0.2) is 58.7 Å². The first-order valence-corrected chi connectivity index (χ1v) is 40.1. The summed E-state index contributed by atoms with van der Waals surface area (Å²) in [6.45, 7) is 17.3. The smallest absolute Gasteiger partial charge is 0.328 e. The Morgan fingerprint density at radius 2 is 0.524 bits per heavy atom. The van der Waals surface area contributed by atoms with Gasteiger partial charge in [-0.15, -0.1) is 0 Å². The van der Waals surface area contributed by atoms with Crippen molar-refractivity contribution in [1.29, 1.82) is 0 Å². The predicted octanol–water partition coefficient (Wildman–Crippen LogP) is 28.7. The van der Waals surface area contributed by atoms with Gasteiger partial charge in [-0.05, 0) is 280 Å². The van der Waals surface area contributed by atoms with E-state index < -0.39 is 64.6 Å². The van der Waals surface area contributed by atoms with Gasteiger partial charge in [-0.1, -0.05) is 243 Å². The lowest BCUT2D eigenvalue weighted by Crippen LogP contribution is -2.03. The average molecular weight is 1720 g/mol. The molecule has 0 aliphatic rings. The molecule has 0 bridgehead atoms. The van der Waals surface area contributed by atoms with Crippen LogP contribution in [0.3, 0.4) is 0 Å². The molecule has 12 rings (SSSR count). The van der Waals surface area contributed by atoms with Crippen molar-refractivity contribution >= 4 is 116 Å². The molecule has 0 unspecified atom stereocenters. The van der Waals surface area contributed by atoms with E-state index in [-0.39, 0.29) is 50.0 Å². The number of hydrogen-bond donors (Lipinski definition) is 4. The third-order valence-corrected chi connectivity index (χ3v) is 20.6. The van der Waals surface area contributed by atoms with Crippen molar-refractivity contribution in [3.8, 4) is 0 Å². The van der Waals surface area contributed by atoms with Gasteiger partial charge in [-0.2, -0.15) is 0 Å². The fourth-order valence-corrected chi connectivity index (χ4v) is 14.7. The number of carboxylic acid groups (broad SMARTS) is 4. The van der Waals surface area contributed by atoms with E-state index in [9.17, 15) is 32.3 Å². The Morgan fingerprint density at radius 3 is 0.806 bits per heavy atom. The van der Waals surface area contributed by atoms with Crippen LogP contribution in [0.4, 0.5) is 39.5 Å². The van der Waals surface area contributed by atoms with Crippen molar-refractivity contribution in [3.05, 3.63) is 446 Å². The molecular formula is C105H87Cl2F9O8. The summed E-state index contributed by atoms with van der Waals surface area (Å²) in [5.41, 5.74) is 17.4. The zero-order chi connectivity index (χ0) is 90.2. The van der Waals surface area contributed by atoms with E-state index >= 15 is 26.3 Å². The lowest BCUT2D eigenvalue weighted by Gasteiger charge is -2.19. The molecule has 0 spiro atoms. The minimum Gasteiger partial charge on any atom is -0.478 e. The molecule has 632 valence electrons. The molecule has 0 saturated heterocycles. The Balaban J connectivity index is 0.000000187. The van der Waals surface area contributed by atoms with E-state index in [0.29, 0.717) is 92.0 Å². The van der Waals surface area contributed by atoms with Crippen molar-refractivity contribution in [2.45, 2.75) is 88.0 Å². The van der Waals surface area contributed by atoms with Gasteiger partial charge in [0, 0.05) is 24.3 Å². The van der Waals surface area contributed by atoms with Crippen LogP contribution in [-0.4, -0.2) is 44.3 Å². The molecule has 0 aromatic heterocycles. The number of allylic oxidation sites excluding steroid dienone is 4. The zero-order valence-electron chi connectivity index (χ0n) is 69.1. The molecule has 0 amide bonds. The van der Waals surface area contributed by atoms with Gasteiger partial charge in [0.1, 0.15) is 52.4 Å². The van der Waals surface area contributed by atoms with Gasteiger partial charge in [-0.3, -0.25) is 0 Å². The highest BCUT2D eigenvalue weighted by molar-refractivity contribution is 6.33. The summed E-state index contributed by atoms with van der Waals surface area (Å²) < 4.78 is 133. The first-order valence-electron chi connectivity index (χ1n) is 39.4. The maximum atomic E-state index is 15.3. The number of benzene rings is 12. The summed E-state index contributed by atoms with van der Waals surface area (Å²) in [6.07, 6.45) is 10.7. The van der Waals surface area contributed by atoms with Crippen molar-refractivity contribution in [2.75, 3.05) is 0 Å². The lowest BCUT2D eigenvalue weighted by atomic mass is 9.85. The maximum absolute atomic E-state index is 15.3. The summed E-state index contributed by atoms with van der Waals surface area (Å²) in [6, 6.07) is 66.9. The van der Waals surface area contributed by atoms with Crippen molar-refractivity contribution in [2.24, 2.45) is 0 Å². The second-order valence-corrected chi connectivity index (χ2v) is 29.6. The standard InChI is InChI=1S/C27H23F3O2.C26H20ClF3O2.C26H22ClFO2.C26H22F2O2/c1-4-21(22-11-10-20(28)13-17(22)3)26(19-8-5-16(2)6-9-19)27-23(29)14-18(15-24(27)30)7-12-25(31)32;1-3-19(20-10-9-18(28)14-21(20)27)25(17-7-4-15(2)5-8-17)26-22(29)12-16(13-23(26)30)6-11-24(31)32;1-3-22(23-14-13-21(28)16-24(23)27)26(19-9-4-17(2)5-10-19)20-11-6-18(7-12-20)8-15-25(29)30;1-3-21(19-7-5-4-6-8-19)25(20-12-9-17(2)10-13-20)26-22(27)15-18(16-23(26)28)11-14-24(29)30/h5-15H,4H2,1-3H3,(H,31,32);4-14H,3H2,1-2H3,(H,31,32);2*4-16H,3H2,1-2H3,(H,29,30)/b12-7+,26-21-;11-6+,25-19-;15-8+,26-22-;14-11+,25-21-. The molecule has 19 heteroatoms. The van der Waals surface area contributed by atoms with Gasteiger partial charge in [0.15, 0.2) is 0 Å². The number of rotatable bonds is 24. The molecule has 0 aliphatic heterocycles. The number of carboxylic acids is 4. The Kier molecular flexibility index (Phi) is 33.6. The minimum absolute atomic E-state index is 0.0762. The number of carbonyl (C=O) groups is 4. The van der Waals surface area contributed by atoms with Gasteiger partial charge in [0.25, 0.3) is 0 Å².